The Labute approximate surface area is 273 Å². The molecule has 11 rings (SSSR count). The predicted molar refractivity (Wildman–Crippen MR) is 193 cm³/mol. The van der Waals surface area contributed by atoms with Crippen LogP contribution in [0, 0.1) is 0 Å². The molecule has 1 aliphatic carbocycles. The van der Waals surface area contributed by atoms with E-state index < -0.39 is 0 Å². The summed E-state index contributed by atoms with van der Waals surface area (Å²) in [5.41, 5.74) is 10.7. The van der Waals surface area contributed by atoms with Crippen molar-refractivity contribution < 1.29 is 8.83 Å². The molecule has 48 heavy (non-hydrogen) atoms. The molecule has 1 aliphatic rings. The molecule has 222 valence electrons. The number of para-hydroxylation sites is 2. The van der Waals surface area contributed by atoms with Gasteiger partial charge in [0, 0.05) is 38.2 Å². The zero-order chi connectivity index (χ0) is 31.3. The van der Waals surface area contributed by atoms with Crippen LogP contribution < -0.4 is 0 Å². The molecule has 0 bridgehead atoms. The van der Waals surface area contributed by atoms with Crippen LogP contribution >= 0.6 is 0 Å². The molecule has 0 amide bonds. The lowest BCUT2D eigenvalue weighted by molar-refractivity contribution is 0.668. The van der Waals surface area contributed by atoms with Gasteiger partial charge in [0.15, 0.2) is 17.5 Å². The normalized spacial score (nSPS) is 12.2. The van der Waals surface area contributed by atoms with Gasteiger partial charge < -0.3 is 8.83 Å². The zero-order valence-corrected chi connectivity index (χ0v) is 25.4. The fourth-order valence-electron chi connectivity index (χ4n) is 7.63. The number of aromatic nitrogens is 3. The van der Waals surface area contributed by atoms with E-state index in [-0.39, 0.29) is 0 Å². The second-order valence-corrected chi connectivity index (χ2v) is 12.3. The standard InChI is InChI=1S/C43H23N3O2/c1-2-10-25(11-3-1)41-44-42(46-43(45-41)32-19-8-16-29-26-14-4-5-20-33(26)48-40(29)32)31-18-9-21-34-38(31)39-35(47-34)23-22-28-27-15-6-12-24-13-7-17-30(36(24)27)37(28)39/h1-23H. The van der Waals surface area contributed by atoms with E-state index in [2.05, 4.69) is 66.7 Å². The first kappa shape index (κ1) is 25.6. The molecular weight excluding hydrogens is 590 g/mol. The van der Waals surface area contributed by atoms with Crippen molar-refractivity contribution in [3.8, 4) is 56.4 Å². The quantitative estimate of drug-likeness (QED) is 0.198. The average molecular weight is 614 g/mol. The molecule has 0 saturated heterocycles. The Morgan fingerprint density at radius 2 is 1.00 bits per heavy atom. The first-order valence-corrected chi connectivity index (χ1v) is 16.0. The van der Waals surface area contributed by atoms with Gasteiger partial charge in [0.05, 0.1) is 5.56 Å². The molecule has 3 heterocycles. The van der Waals surface area contributed by atoms with Crippen LogP contribution in [0.5, 0.6) is 0 Å². The Morgan fingerprint density at radius 3 is 1.90 bits per heavy atom. The molecule has 0 atom stereocenters. The molecule has 0 unspecified atom stereocenters. The number of furan rings is 2. The largest absolute Gasteiger partial charge is 0.456 e. The molecule has 0 spiro atoms. The monoisotopic (exact) mass is 613 g/mol. The van der Waals surface area contributed by atoms with Gasteiger partial charge >= 0.3 is 0 Å². The van der Waals surface area contributed by atoms with Crippen LogP contribution in [0.3, 0.4) is 0 Å². The van der Waals surface area contributed by atoms with Crippen LogP contribution in [0.15, 0.2) is 148 Å². The Balaban J connectivity index is 1.22. The molecule has 3 aromatic heterocycles. The van der Waals surface area contributed by atoms with Crippen LogP contribution in [0.4, 0.5) is 0 Å². The van der Waals surface area contributed by atoms with Gasteiger partial charge in [0.1, 0.15) is 22.3 Å². The smallest absolute Gasteiger partial charge is 0.167 e. The van der Waals surface area contributed by atoms with E-state index in [1.54, 1.807) is 0 Å². The second-order valence-electron chi connectivity index (χ2n) is 12.3. The highest BCUT2D eigenvalue weighted by Crippen LogP contribution is 2.53. The van der Waals surface area contributed by atoms with Gasteiger partial charge in [-0.15, -0.1) is 0 Å². The lowest BCUT2D eigenvalue weighted by Crippen LogP contribution is -2.00. The van der Waals surface area contributed by atoms with Gasteiger partial charge in [-0.3, -0.25) is 0 Å². The summed E-state index contributed by atoms with van der Waals surface area (Å²) >= 11 is 0. The van der Waals surface area contributed by atoms with Crippen molar-refractivity contribution in [1.82, 2.24) is 15.0 Å². The van der Waals surface area contributed by atoms with Crippen LogP contribution in [0.1, 0.15) is 0 Å². The van der Waals surface area contributed by atoms with E-state index >= 15 is 0 Å². The Kier molecular flexibility index (Phi) is 5.05. The van der Waals surface area contributed by atoms with Gasteiger partial charge in [0.2, 0.25) is 0 Å². The van der Waals surface area contributed by atoms with E-state index in [0.29, 0.717) is 17.5 Å². The van der Waals surface area contributed by atoms with Gasteiger partial charge in [-0.1, -0.05) is 109 Å². The van der Waals surface area contributed by atoms with Crippen molar-refractivity contribution in [3.05, 3.63) is 140 Å². The van der Waals surface area contributed by atoms with Crippen molar-refractivity contribution in [2.45, 2.75) is 0 Å². The maximum absolute atomic E-state index is 6.57. The number of benzene rings is 7. The third kappa shape index (κ3) is 3.47. The number of rotatable bonds is 3. The van der Waals surface area contributed by atoms with Gasteiger partial charge in [-0.25, -0.2) is 15.0 Å². The minimum absolute atomic E-state index is 0.552. The Bertz CT molecular complexity index is 2950. The molecule has 5 heteroatoms. The summed E-state index contributed by atoms with van der Waals surface area (Å²) in [6.45, 7) is 0. The number of hydrogen-bond acceptors (Lipinski definition) is 5. The lowest BCUT2D eigenvalue weighted by atomic mass is 9.96. The molecule has 0 N–H and O–H groups in total. The fraction of sp³-hybridized carbons (Fsp3) is 0. The molecule has 0 saturated carbocycles. The van der Waals surface area contributed by atoms with Crippen LogP contribution in [-0.2, 0) is 0 Å². The Hall–Kier alpha value is -6.59. The van der Waals surface area contributed by atoms with Crippen molar-refractivity contribution >= 4 is 54.6 Å². The third-order valence-corrected chi connectivity index (χ3v) is 9.68. The number of nitrogens with zero attached hydrogens (tertiary/aromatic N) is 3. The first-order valence-electron chi connectivity index (χ1n) is 16.0. The summed E-state index contributed by atoms with van der Waals surface area (Å²) in [6, 6.07) is 47.8. The Morgan fingerprint density at radius 1 is 0.354 bits per heavy atom. The van der Waals surface area contributed by atoms with Crippen LogP contribution in [0.25, 0.3) is 111 Å². The van der Waals surface area contributed by atoms with E-state index in [9.17, 15) is 0 Å². The minimum Gasteiger partial charge on any atom is -0.456 e. The van der Waals surface area contributed by atoms with Gasteiger partial charge in [-0.2, -0.15) is 0 Å². The maximum atomic E-state index is 6.57. The molecule has 10 aromatic rings. The minimum atomic E-state index is 0.552. The molecule has 0 aliphatic heterocycles. The SMILES string of the molecule is c1ccc(-c2nc(-c3cccc4c3oc3ccccc34)nc(-c3cccc4oc5ccc6c(c5c34)-c3cccc4cccc-6c34)n2)cc1. The van der Waals surface area contributed by atoms with Crippen molar-refractivity contribution in [2.24, 2.45) is 0 Å². The maximum Gasteiger partial charge on any atom is 0.167 e. The van der Waals surface area contributed by atoms with Crippen molar-refractivity contribution in [2.75, 3.05) is 0 Å². The van der Waals surface area contributed by atoms with Crippen LogP contribution in [0.2, 0.25) is 0 Å². The van der Waals surface area contributed by atoms with E-state index in [1.807, 2.05) is 72.8 Å². The fourth-order valence-corrected chi connectivity index (χ4v) is 7.63. The highest BCUT2D eigenvalue weighted by molar-refractivity contribution is 6.27. The molecule has 0 fully saturated rings. The second kappa shape index (κ2) is 9.47. The highest BCUT2D eigenvalue weighted by Gasteiger charge is 2.27. The third-order valence-electron chi connectivity index (χ3n) is 9.68. The van der Waals surface area contributed by atoms with E-state index in [0.717, 1.165) is 60.6 Å². The molecule has 0 radical (unpaired) electrons. The summed E-state index contributed by atoms with van der Waals surface area (Å²) in [6.07, 6.45) is 0. The summed E-state index contributed by atoms with van der Waals surface area (Å²) < 4.78 is 13.0. The van der Waals surface area contributed by atoms with E-state index in [1.165, 1.54) is 33.0 Å². The number of fused-ring (bicyclic) bond motifs is 10. The summed E-state index contributed by atoms with van der Waals surface area (Å²) in [5.74, 6) is 1.72. The van der Waals surface area contributed by atoms with E-state index in [4.69, 9.17) is 23.8 Å². The molecule has 5 nitrogen and oxygen atoms in total. The van der Waals surface area contributed by atoms with Crippen LogP contribution in [-0.4, -0.2) is 15.0 Å². The molecule has 7 aromatic carbocycles. The van der Waals surface area contributed by atoms with Gasteiger partial charge in [-0.05, 0) is 57.8 Å². The van der Waals surface area contributed by atoms with Gasteiger partial charge in [0.25, 0.3) is 0 Å². The molecular formula is C43H23N3O2. The summed E-state index contributed by atoms with van der Waals surface area (Å²) in [7, 11) is 0. The first-order chi connectivity index (χ1) is 23.8. The summed E-state index contributed by atoms with van der Waals surface area (Å²) in [5, 5.41) is 6.67. The zero-order valence-electron chi connectivity index (χ0n) is 25.4. The average Bonchev–Trinajstić information content (AvgIpc) is 3.82. The topological polar surface area (TPSA) is 65.0 Å². The van der Waals surface area contributed by atoms with Crippen molar-refractivity contribution in [1.29, 1.82) is 0 Å². The predicted octanol–water partition coefficient (Wildman–Crippen LogP) is 11.5. The van der Waals surface area contributed by atoms with Crippen molar-refractivity contribution in [3.63, 3.8) is 0 Å². The lowest BCUT2D eigenvalue weighted by Gasteiger charge is -2.10. The number of hydrogen-bond donors (Lipinski definition) is 0. The summed E-state index contributed by atoms with van der Waals surface area (Å²) in [4.78, 5) is 15.4. The highest BCUT2D eigenvalue weighted by atomic mass is 16.3.